The van der Waals surface area contributed by atoms with Crippen LogP contribution in [0.15, 0.2) is 28.8 Å². The molecular formula is C13H11N3O4S. The largest absolute Gasteiger partial charge is 0.485 e. The van der Waals surface area contributed by atoms with Crippen LogP contribution in [-0.4, -0.2) is 21.3 Å². The molecule has 0 spiro atoms. The normalized spacial score (nSPS) is 10.8. The minimum Gasteiger partial charge on any atom is -0.485 e. The van der Waals surface area contributed by atoms with E-state index in [0.717, 1.165) is 15.2 Å². The van der Waals surface area contributed by atoms with Crippen molar-refractivity contribution in [2.24, 2.45) is 0 Å². The first-order valence-corrected chi connectivity index (χ1v) is 6.87. The number of carbonyl (C=O) groups is 1. The molecule has 0 bridgehead atoms. The van der Waals surface area contributed by atoms with E-state index in [9.17, 15) is 4.79 Å². The summed E-state index contributed by atoms with van der Waals surface area (Å²) in [6, 6.07) is 7.03. The zero-order valence-corrected chi connectivity index (χ0v) is 11.8. The van der Waals surface area contributed by atoms with Crippen LogP contribution in [-0.2, 0) is 6.61 Å². The zero-order valence-electron chi connectivity index (χ0n) is 11.0. The number of carbonyl (C=O) groups excluding carboxylic acids is 1. The third-order valence-corrected chi connectivity index (χ3v) is 3.69. The van der Waals surface area contributed by atoms with Crippen LogP contribution in [0.1, 0.15) is 21.3 Å². The summed E-state index contributed by atoms with van der Waals surface area (Å²) in [4.78, 5) is 15.5. The van der Waals surface area contributed by atoms with Crippen LogP contribution >= 0.6 is 11.3 Å². The third-order valence-electron chi connectivity index (χ3n) is 2.74. The van der Waals surface area contributed by atoms with Gasteiger partial charge in [0.15, 0.2) is 11.5 Å². The smallest absolute Gasteiger partial charge is 0.296 e. The lowest BCUT2D eigenvalue weighted by Crippen LogP contribution is -2.18. The van der Waals surface area contributed by atoms with Crippen LogP contribution in [0.2, 0.25) is 0 Å². The molecule has 0 atom stereocenters. The van der Waals surface area contributed by atoms with E-state index in [1.54, 1.807) is 11.3 Å². The standard InChI is InChI=1S/C13H11N3O4S/c1-7-14-10-4-8(2-3-12(10)21-7)19-6-9-5-11(16-20-9)13(17)15-18/h2-5,18H,6H2,1H3,(H,15,17). The van der Waals surface area contributed by atoms with Crippen molar-refractivity contribution in [3.63, 3.8) is 0 Å². The molecule has 0 fully saturated rings. The first-order chi connectivity index (χ1) is 10.2. The second kappa shape index (κ2) is 5.51. The van der Waals surface area contributed by atoms with Gasteiger partial charge in [0.1, 0.15) is 12.4 Å². The number of nitrogens with zero attached hydrogens (tertiary/aromatic N) is 2. The van der Waals surface area contributed by atoms with Crippen molar-refractivity contribution in [1.29, 1.82) is 0 Å². The molecule has 3 aromatic rings. The third kappa shape index (κ3) is 2.86. The molecule has 0 radical (unpaired) electrons. The lowest BCUT2D eigenvalue weighted by Gasteiger charge is -2.02. The van der Waals surface area contributed by atoms with Gasteiger partial charge in [-0.25, -0.2) is 10.5 Å². The van der Waals surface area contributed by atoms with E-state index in [1.165, 1.54) is 11.5 Å². The van der Waals surface area contributed by atoms with E-state index >= 15 is 0 Å². The van der Waals surface area contributed by atoms with Gasteiger partial charge in [0.25, 0.3) is 5.91 Å². The average Bonchev–Trinajstić information content (AvgIpc) is 3.09. The van der Waals surface area contributed by atoms with E-state index in [2.05, 4.69) is 10.1 Å². The topological polar surface area (TPSA) is 97.5 Å². The minimum atomic E-state index is -0.732. The number of hydrogen-bond donors (Lipinski definition) is 2. The molecule has 108 valence electrons. The fourth-order valence-electron chi connectivity index (χ4n) is 1.81. The van der Waals surface area contributed by atoms with Crippen molar-refractivity contribution < 1.29 is 19.3 Å². The first-order valence-electron chi connectivity index (χ1n) is 6.06. The number of aryl methyl sites for hydroxylation is 1. The second-order valence-corrected chi connectivity index (χ2v) is 5.51. The Morgan fingerprint density at radius 1 is 1.48 bits per heavy atom. The molecular weight excluding hydrogens is 294 g/mol. The number of fused-ring (bicyclic) bond motifs is 1. The van der Waals surface area contributed by atoms with Gasteiger partial charge in [-0.1, -0.05) is 5.16 Å². The fourth-order valence-corrected chi connectivity index (χ4v) is 2.62. The lowest BCUT2D eigenvalue weighted by atomic mass is 10.3. The minimum absolute atomic E-state index is 0.0123. The zero-order chi connectivity index (χ0) is 14.8. The van der Waals surface area contributed by atoms with Gasteiger partial charge in [-0.3, -0.25) is 10.0 Å². The molecule has 0 aliphatic rings. The predicted molar refractivity (Wildman–Crippen MR) is 74.4 cm³/mol. The molecule has 0 saturated heterocycles. The highest BCUT2D eigenvalue weighted by atomic mass is 32.1. The lowest BCUT2D eigenvalue weighted by molar-refractivity contribution is 0.0696. The van der Waals surface area contributed by atoms with Crippen LogP contribution in [0, 0.1) is 6.92 Å². The molecule has 0 unspecified atom stereocenters. The highest BCUT2D eigenvalue weighted by Gasteiger charge is 2.12. The molecule has 0 aliphatic heterocycles. The summed E-state index contributed by atoms with van der Waals surface area (Å²) < 4.78 is 11.6. The van der Waals surface area contributed by atoms with Crippen molar-refractivity contribution in [3.8, 4) is 5.75 Å². The molecule has 21 heavy (non-hydrogen) atoms. The maximum Gasteiger partial charge on any atom is 0.296 e. The number of benzene rings is 1. The molecule has 1 aromatic carbocycles. The number of nitrogens with one attached hydrogen (secondary N) is 1. The molecule has 3 rings (SSSR count). The van der Waals surface area contributed by atoms with Crippen LogP contribution < -0.4 is 10.2 Å². The number of aromatic nitrogens is 2. The van der Waals surface area contributed by atoms with Gasteiger partial charge >= 0.3 is 0 Å². The van der Waals surface area contributed by atoms with Crippen LogP contribution in [0.5, 0.6) is 5.75 Å². The van der Waals surface area contributed by atoms with Crippen molar-refractivity contribution >= 4 is 27.5 Å². The molecule has 2 aromatic heterocycles. The van der Waals surface area contributed by atoms with E-state index in [4.69, 9.17) is 14.5 Å². The van der Waals surface area contributed by atoms with Gasteiger partial charge in [0, 0.05) is 12.1 Å². The summed E-state index contributed by atoms with van der Waals surface area (Å²) in [6.45, 7) is 2.08. The van der Waals surface area contributed by atoms with E-state index < -0.39 is 5.91 Å². The summed E-state index contributed by atoms with van der Waals surface area (Å²) in [5, 5.41) is 13.0. The molecule has 7 nitrogen and oxygen atoms in total. The summed E-state index contributed by atoms with van der Waals surface area (Å²) in [5.41, 5.74) is 2.35. The summed E-state index contributed by atoms with van der Waals surface area (Å²) in [7, 11) is 0. The Morgan fingerprint density at radius 3 is 3.14 bits per heavy atom. The summed E-state index contributed by atoms with van der Waals surface area (Å²) in [6.07, 6.45) is 0. The molecule has 1 amide bonds. The monoisotopic (exact) mass is 305 g/mol. The number of amides is 1. The summed E-state index contributed by atoms with van der Waals surface area (Å²) >= 11 is 1.62. The maximum atomic E-state index is 11.1. The molecule has 0 saturated carbocycles. The first kappa shape index (κ1) is 13.5. The Hall–Kier alpha value is -2.45. The Morgan fingerprint density at radius 2 is 2.33 bits per heavy atom. The van der Waals surface area contributed by atoms with Crippen molar-refractivity contribution in [2.45, 2.75) is 13.5 Å². The van der Waals surface area contributed by atoms with Crippen molar-refractivity contribution in [3.05, 3.63) is 40.7 Å². The molecule has 2 N–H and O–H groups in total. The van der Waals surface area contributed by atoms with E-state index in [0.29, 0.717) is 11.5 Å². The van der Waals surface area contributed by atoms with Crippen LogP contribution in [0.25, 0.3) is 10.2 Å². The van der Waals surface area contributed by atoms with Gasteiger partial charge in [-0.05, 0) is 19.1 Å². The highest BCUT2D eigenvalue weighted by molar-refractivity contribution is 7.18. The Kier molecular flexibility index (Phi) is 3.55. The van der Waals surface area contributed by atoms with Gasteiger partial charge in [-0.2, -0.15) is 0 Å². The number of hydroxylamine groups is 1. The number of ether oxygens (including phenoxy) is 1. The van der Waals surface area contributed by atoms with E-state index in [1.807, 2.05) is 25.1 Å². The Balaban J connectivity index is 1.70. The van der Waals surface area contributed by atoms with E-state index in [-0.39, 0.29) is 12.3 Å². The second-order valence-electron chi connectivity index (χ2n) is 4.27. The number of hydrogen-bond acceptors (Lipinski definition) is 7. The van der Waals surface area contributed by atoms with Gasteiger partial charge in [0.2, 0.25) is 0 Å². The summed E-state index contributed by atoms with van der Waals surface area (Å²) in [5.74, 6) is 0.296. The number of thiazole rings is 1. The highest BCUT2D eigenvalue weighted by Crippen LogP contribution is 2.26. The van der Waals surface area contributed by atoms with Crippen LogP contribution in [0.4, 0.5) is 0 Å². The van der Waals surface area contributed by atoms with Gasteiger partial charge in [0.05, 0.1) is 15.2 Å². The average molecular weight is 305 g/mol. The maximum absolute atomic E-state index is 11.1. The fraction of sp³-hybridized carbons (Fsp3) is 0.154. The van der Waals surface area contributed by atoms with Gasteiger partial charge < -0.3 is 9.26 Å². The molecule has 0 aliphatic carbocycles. The molecule has 8 heteroatoms. The van der Waals surface area contributed by atoms with Crippen LogP contribution in [0.3, 0.4) is 0 Å². The number of rotatable bonds is 4. The van der Waals surface area contributed by atoms with Crippen molar-refractivity contribution in [2.75, 3.05) is 0 Å². The Bertz CT molecular complexity index is 796. The predicted octanol–water partition coefficient (Wildman–Crippen LogP) is 2.29. The molecule has 2 heterocycles. The van der Waals surface area contributed by atoms with Crippen molar-refractivity contribution in [1.82, 2.24) is 15.6 Å². The Labute approximate surface area is 123 Å². The quantitative estimate of drug-likeness (QED) is 0.567. The van der Waals surface area contributed by atoms with Gasteiger partial charge in [-0.15, -0.1) is 11.3 Å². The SMILES string of the molecule is Cc1nc2cc(OCc3cc(C(=O)NO)no3)ccc2s1.